The molecule has 0 saturated carbocycles. The highest BCUT2D eigenvalue weighted by atomic mass is 19.1. The van der Waals surface area contributed by atoms with Gasteiger partial charge in [0.15, 0.2) is 11.9 Å². The molecule has 2 atom stereocenters. The average Bonchev–Trinajstić information content (AvgIpc) is 3.21. The minimum absolute atomic E-state index is 0.253. The van der Waals surface area contributed by atoms with Crippen LogP contribution in [0.3, 0.4) is 0 Å². The summed E-state index contributed by atoms with van der Waals surface area (Å²) in [5, 5.41) is 2.59. The van der Waals surface area contributed by atoms with E-state index >= 15 is 0 Å². The Morgan fingerprint density at radius 1 is 1.22 bits per heavy atom. The van der Waals surface area contributed by atoms with E-state index in [1.807, 2.05) is 0 Å². The number of benzene rings is 2. The number of hydrogen-bond acceptors (Lipinski definition) is 3. The van der Waals surface area contributed by atoms with Crippen LogP contribution in [0.4, 0.5) is 14.5 Å². The number of aryl methyl sites for hydroxylation is 1. The lowest BCUT2D eigenvalue weighted by Crippen LogP contribution is -2.27. The lowest BCUT2D eigenvalue weighted by Gasteiger charge is -2.04. The largest absolute Gasteiger partial charge is 0.342 e. The summed E-state index contributed by atoms with van der Waals surface area (Å²) >= 11 is 0. The molecule has 2 aliphatic rings. The standard InChI is InChI=1S/C17H11F2NO3/c1-8-6-9(2-4-12(8)19)14(21)15-17(23-15)11-7-10(18)3-5-13(11)20-16(17)22/h2-7,15H,1H3,(H,20,22)/t15-,17-/m0/s1. The number of rotatable bonds is 2. The van der Waals surface area contributed by atoms with E-state index in [-0.39, 0.29) is 5.56 Å². The Bertz CT molecular complexity index is 880. The van der Waals surface area contributed by atoms with Crippen molar-refractivity contribution in [3.63, 3.8) is 0 Å². The van der Waals surface area contributed by atoms with Crippen LogP contribution in [0.1, 0.15) is 21.5 Å². The number of nitrogens with one attached hydrogen (secondary N) is 1. The molecule has 2 heterocycles. The maximum absolute atomic E-state index is 13.5. The molecule has 2 aromatic rings. The lowest BCUT2D eigenvalue weighted by atomic mass is 9.92. The zero-order valence-electron chi connectivity index (χ0n) is 12.0. The van der Waals surface area contributed by atoms with E-state index in [0.717, 1.165) is 0 Å². The van der Waals surface area contributed by atoms with E-state index in [1.54, 1.807) is 6.92 Å². The van der Waals surface area contributed by atoms with Crippen molar-refractivity contribution in [2.24, 2.45) is 0 Å². The highest BCUT2D eigenvalue weighted by Gasteiger charge is 2.70. The van der Waals surface area contributed by atoms with E-state index in [1.165, 1.54) is 36.4 Å². The summed E-state index contributed by atoms with van der Waals surface area (Å²) in [4.78, 5) is 24.8. The SMILES string of the molecule is Cc1cc(C(=O)[C@@H]2O[C@]23C(=O)Nc2ccc(F)cc23)ccc1F. The summed E-state index contributed by atoms with van der Waals surface area (Å²) in [6.07, 6.45) is -1.03. The fraction of sp³-hybridized carbons (Fsp3) is 0.176. The maximum Gasteiger partial charge on any atom is 0.264 e. The zero-order chi connectivity index (χ0) is 16.4. The number of ether oxygens (including phenoxy) is 1. The van der Waals surface area contributed by atoms with Gasteiger partial charge in [0.2, 0.25) is 5.60 Å². The third kappa shape index (κ3) is 1.85. The normalized spacial score (nSPS) is 24.5. The molecule has 23 heavy (non-hydrogen) atoms. The van der Waals surface area contributed by atoms with Gasteiger partial charge in [-0.2, -0.15) is 0 Å². The number of carbonyl (C=O) groups is 2. The van der Waals surface area contributed by atoms with Crippen LogP contribution in [0.25, 0.3) is 0 Å². The molecule has 0 aromatic heterocycles. The van der Waals surface area contributed by atoms with Gasteiger partial charge in [0, 0.05) is 16.8 Å². The number of amides is 1. The minimum Gasteiger partial charge on any atom is -0.342 e. The summed E-state index contributed by atoms with van der Waals surface area (Å²) in [7, 11) is 0. The predicted molar refractivity (Wildman–Crippen MR) is 77.0 cm³/mol. The number of halogens is 2. The van der Waals surface area contributed by atoms with Crippen LogP contribution in [-0.4, -0.2) is 17.8 Å². The smallest absolute Gasteiger partial charge is 0.264 e. The molecule has 1 amide bonds. The number of carbonyl (C=O) groups excluding carboxylic acids is 2. The molecule has 6 heteroatoms. The third-order valence-corrected chi connectivity index (χ3v) is 4.26. The first-order chi connectivity index (χ1) is 10.9. The van der Waals surface area contributed by atoms with E-state index in [2.05, 4.69) is 5.32 Å². The number of Topliss-reactive ketones (excluding diaryl/α,β-unsaturated/α-hetero) is 1. The summed E-state index contributed by atoms with van der Waals surface area (Å²) in [5.41, 5.74) is -0.144. The monoisotopic (exact) mass is 315 g/mol. The Morgan fingerprint density at radius 3 is 2.74 bits per heavy atom. The summed E-state index contributed by atoms with van der Waals surface area (Å²) < 4.78 is 32.2. The van der Waals surface area contributed by atoms with Gasteiger partial charge in [0.05, 0.1) is 0 Å². The van der Waals surface area contributed by atoms with Gasteiger partial charge < -0.3 is 10.1 Å². The highest BCUT2D eigenvalue weighted by Crippen LogP contribution is 2.54. The second-order valence-electron chi connectivity index (χ2n) is 5.71. The zero-order valence-corrected chi connectivity index (χ0v) is 12.0. The molecule has 1 spiro atoms. The van der Waals surface area contributed by atoms with E-state index in [9.17, 15) is 18.4 Å². The first kappa shape index (κ1) is 14.0. The molecule has 0 radical (unpaired) electrons. The topological polar surface area (TPSA) is 58.7 Å². The van der Waals surface area contributed by atoms with Crippen LogP contribution in [0, 0.1) is 18.6 Å². The van der Waals surface area contributed by atoms with Crippen LogP contribution in [0.5, 0.6) is 0 Å². The van der Waals surface area contributed by atoms with Crippen LogP contribution < -0.4 is 5.32 Å². The van der Waals surface area contributed by atoms with Gasteiger partial charge in [-0.25, -0.2) is 8.78 Å². The van der Waals surface area contributed by atoms with Crippen LogP contribution in [0.2, 0.25) is 0 Å². The molecule has 2 aromatic carbocycles. The molecule has 4 rings (SSSR count). The third-order valence-electron chi connectivity index (χ3n) is 4.26. The Labute approximate surface area is 130 Å². The van der Waals surface area contributed by atoms with Gasteiger partial charge in [-0.05, 0) is 48.9 Å². The maximum atomic E-state index is 13.5. The Morgan fingerprint density at radius 2 is 2.00 bits per heavy atom. The van der Waals surface area contributed by atoms with E-state index in [0.29, 0.717) is 16.8 Å². The van der Waals surface area contributed by atoms with Gasteiger partial charge in [0.1, 0.15) is 11.6 Å². The van der Waals surface area contributed by atoms with Gasteiger partial charge >= 0.3 is 0 Å². The predicted octanol–water partition coefficient (Wildman–Crippen LogP) is 2.70. The van der Waals surface area contributed by atoms with Gasteiger partial charge in [-0.3, -0.25) is 9.59 Å². The number of fused-ring (bicyclic) bond motifs is 2. The first-order valence-electron chi connectivity index (χ1n) is 7.03. The second-order valence-corrected chi connectivity index (χ2v) is 5.71. The lowest BCUT2D eigenvalue weighted by molar-refractivity contribution is -0.120. The Kier molecular flexibility index (Phi) is 2.72. The van der Waals surface area contributed by atoms with Crippen molar-refractivity contribution in [2.75, 3.05) is 5.32 Å². The van der Waals surface area contributed by atoms with Crippen molar-refractivity contribution in [3.05, 3.63) is 64.7 Å². The molecule has 2 aliphatic heterocycles. The number of anilines is 1. The summed E-state index contributed by atoms with van der Waals surface area (Å²) in [5.74, 6) is -1.85. The van der Waals surface area contributed by atoms with Gasteiger partial charge in [-0.1, -0.05) is 0 Å². The summed E-state index contributed by atoms with van der Waals surface area (Å²) in [6.45, 7) is 1.54. The van der Waals surface area contributed by atoms with Crippen molar-refractivity contribution in [1.29, 1.82) is 0 Å². The van der Waals surface area contributed by atoms with Crippen molar-refractivity contribution in [1.82, 2.24) is 0 Å². The molecular weight excluding hydrogens is 304 g/mol. The molecular formula is C17H11F2NO3. The van der Waals surface area contributed by atoms with Crippen molar-refractivity contribution >= 4 is 17.4 Å². The fourth-order valence-electron chi connectivity index (χ4n) is 2.99. The number of ketones is 1. The van der Waals surface area contributed by atoms with E-state index < -0.39 is 35.0 Å². The highest BCUT2D eigenvalue weighted by molar-refractivity contribution is 6.15. The van der Waals surface area contributed by atoms with Crippen LogP contribution >= 0.6 is 0 Å². The minimum atomic E-state index is -1.48. The molecule has 4 nitrogen and oxygen atoms in total. The summed E-state index contributed by atoms with van der Waals surface area (Å²) in [6, 6.07) is 7.80. The van der Waals surface area contributed by atoms with Crippen LogP contribution in [-0.2, 0) is 15.1 Å². The molecule has 0 unspecified atom stereocenters. The number of epoxide rings is 1. The fourth-order valence-corrected chi connectivity index (χ4v) is 2.99. The van der Waals surface area contributed by atoms with Crippen molar-refractivity contribution in [3.8, 4) is 0 Å². The Hall–Kier alpha value is -2.60. The number of hydrogen-bond donors (Lipinski definition) is 1. The average molecular weight is 315 g/mol. The second kappa shape index (κ2) is 4.45. The molecule has 116 valence electrons. The first-order valence-corrected chi connectivity index (χ1v) is 7.03. The van der Waals surface area contributed by atoms with Crippen LogP contribution in [0.15, 0.2) is 36.4 Å². The molecule has 1 N–H and O–H groups in total. The van der Waals surface area contributed by atoms with E-state index in [4.69, 9.17) is 4.74 Å². The van der Waals surface area contributed by atoms with Crippen molar-refractivity contribution in [2.45, 2.75) is 18.6 Å². The van der Waals surface area contributed by atoms with Gasteiger partial charge in [-0.15, -0.1) is 0 Å². The Balaban J connectivity index is 1.72. The molecule has 0 aliphatic carbocycles. The van der Waals surface area contributed by atoms with Gasteiger partial charge in [0.25, 0.3) is 5.91 Å². The molecule has 1 fully saturated rings. The molecule has 0 bridgehead atoms. The quantitative estimate of drug-likeness (QED) is 0.685. The van der Waals surface area contributed by atoms with Crippen molar-refractivity contribution < 1.29 is 23.1 Å². The molecule has 1 saturated heterocycles.